The summed E-state index contributed by atoms with van der Waals surface area (Å²) in [5.41, 5.74) is 1.54. The number of anilines is 1. The third kappa shape index (κ3) is 3.05. The summed E-state index contributed by atoms with van der Waals surface area (Å²) in [6, 6.07) is 13.0. The van der Waals surface area contributed by atoms with Crippen LogP contribution >= 0.6 is 22.9 Å². The molecular formula is C16H13ClN2O2S. The summed E-state index contributed by atoms with van der Waals surface area (Å²) in [6.45, 7) is 0. The minimum Gasteiger partial charge on any atom is -0.494 e. The molecule has 1 amide bonds. The summed E-state index contributed by atoms with van der Waals surface area (Å²) in [6.07, 6.45) is 0.215. The Morgan fingerprint density at radius 1 is 1.27 bits per heavy atom. The van der Waals surface area contributed by atoms with E-state index >= 15 is 0 Å². The predicted octanol–water partition coefficient (Wildman–Crippen LogP) is 4.14. The molecule has 1 N–H and O–H groups in total. The summed E-state index contributed by atoms with van der Waals surface area (Å²) in [5.74, 6) is 0.548. The van der Waals surface area contributed by atoms with E-state index in [2.05, 4.69) is 10.3 Å². The normalized spacial score (nSPS) is 10.6. The first-order valence-electron chi connectivity index (χ1n) is 6.64. The van der Waals surface area contributed by atoms with Crippen LogP contribution in [0.5, 0.6) is 5.75 Å². The van der Waals surface area contributed by atoms with Gasteiger partial charge in [0, 0.05) is 5.02 Å². The van der Waals surface area contributed by atoms with Crippen molar-refractivity contribution in [3.8, 4) is 5.75 Å². The number of hydrogen-bond acceptors (Lipinski definition) is 4. The number of hydrogen-bond donors (Lipinski definition) is 1. The van der Waals surface area contributed by atoms with Crippen molar-refractivity contribution < 1.29 is 9.53 Å². The van der Waals surface area contributed by atoms with Crippen molar-refractivity contribution in [1.82, 2.24) is 4.98 Å². The summed E-state index contributed by atoms with van der Waals surface area (Å²) < 4.78 is 6.24. The van der Waals surface area contributed by atoms with Crippen LogP contribution in [0.25, 0.3) is 10.2 Å². The second-order valence-electron chi connectivity index (χ2n) is 4.64. The third-order valence-electron chi connectivity index (χ3n) is 3.16. The van der Waals surface area contributed by atoms with Crippen LogP contribution in [-0.4, -0.2) is 18.0 Å². The van der Waals surface area contributed by atoms with Crippen molar-refractivity contribution in [3.63, 3.8) is 0 Å². The van der Waals surface area contributed by atoms with Gasteiger partial charge in [0.1, 0.15) is 11.3 Å². The summed E-state index contributed by atoms with van der Waals surface area (Å²) in [4.78, 5) is 16.5. The van der Waals surface area contributed by atoms with E-state index in [4.69, 9.17) is 16.3 Å². The molecule has 0 saturated heterocycles. The molecule has 1 aromatic heterocycles. The monoisotopic (exact) mass is 332 g/mol. The van der Waals surface area contributed by atoms with Crippen molar-refractivity contribution in [2.45, 2.75) is 6.42 Å². The van der Waals surface area contributed by atoms with Crippen LogP contribution in [0.15, 0.2) is 42.5 Å². The Labute approximate surface area is 136 Å². The van der Waals surface area contributed by atoms with Gasteiger partial charge in [-0.3, -0.25) is 4.79 Å². The number of methoxy groups -OCH3 is 1. The van der Waals surface area contributed by atoms with Gasteiger partial charge < -0.3 is 10.1 Å². The van der Waals surface area contributed by atoms with Crippen molar-refractivity contribution in [3.05, 3.63) is 53.1 Å². The molecule has 0 spiro atoms. The van der Waals surface area contributed by atoms with Crippen LogP contribution in [0.2, 0.25) is 5.02 Å². The van der Waals surface area contributed by atoms with Crippen LogP contribution in [0, 0.1) is 0 Å². The Morgan fingerprint density at radius 2 is 2.09 bits per heavy atom. The van der Waals surface area contributed by atoms with E-state index in [0.717, 1.165) is 15.8 Å². The fourth-order valence-corrected chi connectivity index (χ4v) is 3.22. The highest BCUT2D eigenvalue weighted by Crippen LogP contribution is 2.32. The SMILES string of the molecule is COc1cccc2sc(NC(=O)Cc3ccccc3Cl)nc12. The molecule has 3 rings (SSSR count). The summed E-state index contributed by atoms with van der Waals surface area (Å²) in [5, 5.41) is 3.95. The van der Waals surface area contributed by atoms with E-state index in [9.17, 15) is 4.79 Å². The summed E-state index contributed by atoms with van der Waals surface area (Å²) in [7, 11) is 1.60. The lowest BCUT2D eigenvalue weighted by Gasteiger charge is -2.03. The Hall–Kier alpha value is -2.11. The molecule has 0 unspecified atom stereocenters. The smallest absolute Gasteiger partial charge is 0.230 e. The highest BCUT2D eigenvalue weighted by atomic mass is 35.5. The lowest BCUT2D eigenvalue weighted by Crippen LogP contribution is -2.14. The maximum Gasteiger partial charge on any atom is 0.230 e. The lowest BCUT2D eigenvalue weighted by atomic mass is 10.1. The average Bonchev–Trinajstić information content (AvgIpc) is 2.91. The molecule has 0 aliphatic carbocycles. The highest BCUT2D eigenvalue weighted by molar-refractivity contribution is 7.22. The molecule has 3 aromatic rings. The quantitative estimate of drug-likeness (QED) is 0.781. The van der Waals surface area contributed by atoms with Gasteiger partial charge in [-0.05, 0) is 23.8 Å². The van der Waals surface area contributed by atoms with Gasteiger partial charge in [0.2, 0.25) is 5.91 Å². The van der Waals surface area contributed by atoms with E-state index < -0.39 is 0 Å². The first-order valence-corrected chi connectivity index (χ1v) is 7.83. The number of ether oxygens (including phenoxy) is 1. The summed E-state index contributed by atoms with van der Waals surface area (Å²) >= 11 is 7.48. The minimum atomic E-state index is -0.147. The van der Waals surface area contributed by atoms with Crippen molar-refractivity contribution >= 4 is 44.2 Å². The Kier molecular flexibility index (Phi) is 4.27. The maximum atomic E-state index is 12.1. The van der Waals surface area contributed by atoms with Gasteiger partial charge in [-0.15, -0.1) is 0 Å². The molecule has 0 fully saturated rings. The lowest BCUT2D eigenvalue weighted by molar-refractivity contribution is -0.115. The molecule has 0 radical (unpaired) electrons. The first-order chi connectivity index (χ1) is 10.7. The van der Waals surface area contributed by atoms with Crippen LogP contribution in [0.3, 0.4) is 0 Å². The molecule has 22 heavy (non-hydrogen) atoms. The predicted molar refractivity (Wildman–Crippen MR) is 90.0 cm³/mol. The van der Waals surface area contributed by atoms with Crippen LogP contribution in [-0.2, 0) is 11.2 Å². The number of carbonyl (C=O) groups excluding carboxylic acids is 1. The van der Waals surface area contributed by atoms with Gasteiger partial charge in [0.25, 0.3) is 0 Å². The van der Waals surface area contributed by atoms with Crippen molar-refractivity contribution in [2.75, 3.05) is 12.4 Å². The number of halogens is 1. The van der Waals surface area contributed by atoms with Gasteiger partial charge in [-0.2, -0.15) is 0 Å². The number of rotatable bonds is 4. The van der Waals surface area contributed by atoms with E-state index in [-0.39, 0.29) is 12.3 Å². The zero-order valence-corrected chi connectivity index (χ0v) is 13.4. The Bertz CT molecular complexity index is 832. The van der Waals surface area contributed by atoms with Gasteiger partial charge in [-0.1, -0.05) is 47.2 Å². The van der Waals surface area contributed by atoms with Crippen LogP contribution < -0.4 is 10.1 Å². The Morgan fingerprint density at radius 3 is 2.86 bits per heavy atom. The van der Waals surface area contributed by atoms with Crippen LogP contribution in [0.1, 0.15) is 5.56 Å². The number of fused-ring (bicyclic) bond motifs is 1. The van der Waals surface area contributed by atoms with Gasteiger partial charge in [-0.25, -0.2) is 4.98 Å². The number of nitrogens with zero attached hydrogens (tertiary/aromatic N) is 1. The second kappa shape index (κ2) is 6.34. The molecule has 6 heteroatoms. The first kappa shape index (κ1) is 14.8. The molecule has 0 aliphatic rings. The average molecular weight is 333 g/mol. The van der Waals surface area contributed by atoms with Crippen LogP contribution in [0.4, 0.5) is 5.13 Å². The van der Waals surface area contributed by atoms with E-state index in [1.54, 1.807) is 13.2 Å². The minimum absolute atomic E-state index is 0.147. The Balaban J connectivity index is 1.78. The van der Waals surface area contributed by atoms with E-state index in [1.165, 1.54) is 11.3 Å². The molecule has 0 bridgehead atoms. The zero-order valence-electron chi connectivity index (χ0n) is 11.8. The molecule has 0 atom stereocenters. The van der Waals surface area contributed by atoms with Crippen molar-refractivity contribution in [2.24, 2.45) is 0 Å². The maximum absolute atomic E-state index is 12.1. The molecule has 2 aromatic carbocycles. The van der Waals surface area contributed by atoms with Gasteiger partial charge in [0.15, 0.2) is 5.13 Å². The molecule has 1 heterocycles. The molecule has 4 nitrogen and oxygen atoms in total. The van der Waals surface area contributed by atoms with Crippen molar-refractivity contribution in [1.29, 1.82) is 0 Å². The van der Waals surface area contributed by atoms with E-state index in [0.29, 0.717) is 15.9 Å². The number of benzene rings is 2. The van der Waals surface area contributed by atoms with Gasteiger partial charge >= 0.3 is 0 Å². The number of carbonyl (C=O) groups is 1. The standard InChI is InChI=1S/C16H13ClN2O2S/c1-21-12-7-4-8-13-15(12)19-16(22-13)18-14(20)9-10-5-2-3-6-11(10)17/h2-8H,9H2,1H3,(H,18,19,20). The molecule has 0 aliphatic heterocycles. The van der Waals surface area contributed by atoms with Gasteiger partial charge in [0.05, 0.1) is 18.2 Å². The zero-order chi connectivity index (χ0) is 15.5. The number of aromatic nitrogens is 1. The molecular weight excluding hydrogens is 320 g/mol. The highest BCUT2D eigenvalue weighted by Gasteiger charge is 2.12. The molecule has 0 saturated carbocycles. The third-order valence-corrected chi connectivity index (χ3v) is 4.46. The second-order valence-corrected chi connectivity index (χ2v) is 6.08. The number of thiazole rings is 1. The van der Waals surface area contributed by atoms with E-state index in [1.807, 2.05) is 36.4 Å². The number of amides is 1. The number of nitrogens with one attached hydrogen (secondary N) is 1. The molecule has 112 valence electrons. The fraction of sp³-hybridized carbons (Fsp3) is 0.125. The number of para-hydroxylation sites is 1. The fourth-order valence-electron chi connectivity index (χ4n) is 2.12. The topological polar surface area (TPSA) is 51.2 Å². The largest absolute Gasteiger partial charge is 0.494 e.